The predicted octanol–water partition coefficient (Wildman–Crippen LogP) is 3.03. The lowest BCUT2D eigenvalue weighted by molar-refractivity contribution is -0.0414. The summed E-state index contributed by atoms with van der Waals surface area (Å²) in [5, 5.41) is 1.13. The van der Waals surface area contributed by atoms with Gasteiger partial charge < -0.3 is 9.64 Å². The monoisotopic (exact) mass is 271 g/mol. The topological polar surface area (TPSA) is 38.2 Å². The van der Waals surface area contributed by atoms with Crippen LogP contribution < -0.4 is 4.90 Å². The fourth-order valence-corrected chi connectivity index (χ4v) is 2.93. The Morgan fingerprint density at radius 1 is 1.20 bits per heavy atom. The summed E-state index contributed by atoms with van der Waals surface area (Å²) in [7, 11) is 0. The molecular weight excluding hydrogens is 250 g/mol. The Hall–Kier alpha value is -1.68. The molecule has 3 rings (SSSR count). The summed E-state index contributed by atoms with van der Waals surface area (Å²) < 4.78 is 5.88. The standard InChI is InChI=1S/C16H21N3O/c1-3-20-16(2)8-10-19(11-9-16)15-13-6-4-5-7-14(13)17-12-18-15/h4-7,12H,3,8-11H2,1-2H3. The Balaban J connectivity index is 1.84. The van der Waals surface area contributed by atoms with Crippen LogP contribution in [0.3, 0.4) is 0 Å². The highest BCUT2D eigenvalue weighted by Crippen LogP contribution is 2.30. The third-order valence-electron chi connectivity index (χ3n) is 4.14. The van der Waals surface area contributed by atoms with E-state index in [2.05, 4.69) is 34.8 Å². The van der Waals surface area contributed by atoms with Gasteiger partial charge in [-0.3, -0.25) is 0 Å². The number of para-hydroxylation sites is 1. The Morgan fingerprint density at radius 2 is 1.95 bits per heavy atom. The van der Waals surface area contributed by atoms with Gasteiger partial charge in [0.2, 0.25) is 0 Å². The van der Waals surface area contributed by atoms with Crippen molar-refractivity contribution < 1.29 is 4.74 Å². The maximum absolute atomic E-state index is 5.88. The van der Waals surface area contributed by atoms with Gasteiger partial charge >= 0.3 is 0 Å². The molecule has 106 valence electrons. The second-order valence-corrected chi connectivity index (χ2v) is 5.58. The third kappa shape index (κ3) is 2.48. The number of rotatable bonds is 3. The first-order valence-corrected chi connectivity index (χ1v) is 7.30. The Morgan fingerprint density at radius 3 is 2.70 bits per heavy atom. The van der Waals surface area contributed by atoms with Crippen LogP contribution in [0.4, 0.5) is 5.82 Å². The molecular formula is C16H21N3O. The third-order valence-corrected chi connectivity index (χ3v) is 4.14. The van der Waals surface area contributed by atoms with Crippen molar-refractivity contribution in [3.63, 3.8) is 0 Å². The zero-order valence-corrected chi connectivity index (χ0v) is 12.2. The number of fused-ring (bicyclic) bond motifs is 1. The van der Waals surface area contributed by atoms with Gasteiger partial charge in [0.05, 0.1) is 11.1 Å². The summed E-state index contributed by atoms with van der Waals surface area (Å²) in [5.41, 5.74) is 1.03. The van der Waals surface area contributed by atoms with Gasteiger partial charge in [0, 0.05) is 25.1 Å². The molecule has 1 saturated heterocycles. The number of piperidine rings is 1. The summed E-state index contributed by atoms with van der Waals surface area (Å²) in [6.07, 6.45) is 3.74. The van der Waals surface area contributed by atoms with Crippen molar-refractivity contribution in [3.8, 4) is 0 Å². The van der Waals surface area contributed by atoms with Gasteiger partial charge in [0.1, 0.15) is 12.1 Å². The van der Waals surface area contributed by atoms with E-state index in [1.54, 1.807) is 6.33 Å². The zero-order valence-electron chi connectivity index (χ0n) is 12.2. The molecule has 0 unspecified atom stereocenters. The van der Waals surface area contributed by atoms with Gasteiger partial charge in [-0.2, -0.15) is 0 Å². The van der Waals surface area contributed by atoms with Crippen molar-refractivity contribution >= 4 is 16.7 Å². The lowest BCUT2D eigenvalue weighted by Crippen LogP contribution is -2.44. The van der Waals surface area contributed by atoms with Crippen molar-refractivity contribution in [1.29, 1.82) is 0 Å². The number of benzene rings is 1. The second kappa shape index (κ2) is 5.37. The quantitative estimate of drug-likeness (QED) is 0.860. The van der Waals surface area contributed by atoms with Crippen LogP contribution in [0.15, 0.2) is 30.6 Å². The summed E-state index contributed by atoms with van der Waals surface area (Å²) in [6.45, 7) is 7.03. The molecule has 2 aromatic rings. The molecule has 1 aromatic heterocycles. The first kappa shape index (κ1) is 13.3. The fraction of sp³-hybridized carbons (Fsp3) is 0.500. The Bertz CT molecular complexity index is 586. The molecule has 4 heteroatoms. The Labute approximate surface area is 119 Å². The van der Waals surface area contributed by atoms with E-state index in [0.29, 0.717) is 0 Å². The highest BCUT2D eigenvalue weighted by atomic mass is 16.5. The molecule has 20 heavy (non-hydrogen) atoms. The molecule has 0 radical (unpaired) electrons. The van der Waals surface area contributed by atoms with Crippen LogP contribution in [0.5, 0.6) is 0 Å². The van der Waals surface area contributed by atoms with Crippen LogP contribution in [0.25, 0.3) is 10.9 Å². The number of hydrogen-bond acceptors (Lipinski definition) is 4. The van der Waals surface area contributed by atoms with Crippen molar-refractivity contribution in [3.05, 3.63) is 30.6 Å². The van der Waals surface area contributed by atoms with Gasteiger partial charge in [-0.15, -0.1) is 0 Å². The maximum Gasteiger partial charge on any atom is 0.139 e. The fourth-order valence-electron chi connectivity index (χ4n) is 2.93. The van der Waals surface area contributed by atoms with Crippen LogP contribution in [0.2, 0.25) is 0 Å². The largest absolute Gasteiger partial charge is 0.375 e. The lowest BCUT2D eigenvalue weighted by atomic mass is 9.93. The van der Waals surface area contributed by atoms with Crippen molar-refractivity contribution in [2.45, 2.75) is 32.3 Å². The summed E-state index contributed by atoms with van der Waals surface area (Å²) in [4.78, 5) is 11.2. The van der Waals surface area contributed by atoms with Gasteiger partial charge in [-0.05, 0) is 38.8 Å². The van der Waals surface area contributed by atoms with Crippen molar-refractivity contribution in [2.24, 2.45) is 0 Å². The van der Waals surface area contributed by atoms with E-state index in [-0.39, 0.29) is 5.60 Å². The molecule has 0 atom stereocenters. The maximum atomic E-state index is 5.88. The minimum absolute atomic E-state index is 0.0219. The first-order valence-electron chi connectivity index (χ1n) is 7.30. The molecule has 2 heterocycles. The van der Waals surface area contributed by atoms with Gasteiger partial charge in [-0.1, -0.05) is 12.1 Å². The molecule has 0 aliphatic carbocycles. The van der Waals surface area contributed by atoms with Crippen LogP contribution >= 0.6 is 0 Å². The molecule has 0 spiro atoms. The highest BCUT2D eigenvalue weighted by molar-refractivity contribution is 5.89. The minimum atomic E-state index is 0.0219. The normalized spacial score (nSPS) is 18.4. The molecule has 1 aromatic carbocycles. The van der Waals surface area contributed by atoms with E-state index in [1.165, 1.54) is 0 Å². The molecule has 0 amide bonds. The number of hydrogen-bond donors (Lipinski definition) is 0. The smallest absolute Gasteiger partial charge is 0.139 e. The zero-order chi connectivity index (χ0) is 14.0. The molecule has 1 aliphatic heterocycles. The summed E-state index contributed by atoms with van der Waals surface area (Å²) >= 11 is 0. The molecule has 0 saturated carbocycles. The first-order chi connectivity index (χ1) is 9.72. The van der Waals surface area contributed by atoms with E-state index in [0.717, 1.165) is 49.3 Å². The number of ether oxygens (including phenoxy) is 1. The SMILES string of the molecule is CCOC1(C)CCN(c2ncnc3ccccc23)CC1. The van der Waals surface area contributed by atoms with Gasteiger partial charge in [0.15, 0.2) is 0 Å². The number of anilines is 1. The lowest BCUT2D eigenvalue weighted by Gasteiger charge is -2.39. The molecule has 1 fully saturated rings. The molecule has 0 N–H and O–H groups in total. The second-order valence-electron chi connectivity index (χ2n) is 5.58. The van der Waals surface area contributed by atoms with Gasteiger partial charge in [0.25, 0.3) is 0 Å². The Kier molecular flexibility index (Phi) is 3.57. The predicted molar refractivity (Wildman–Crippen MR) is 81.0 cm³/mol. The molecule has 4 nitrogen and oxygen atoms in total. The van der Waals surface area contributed by atoms with Crippen LogP contribution in [-0.4, -0.2) is 35.3 Å². The van der Waals surface area contributed by atoms with E-state index >= 15 is 0 Å². The van der Waals surface area contributed by atoms with Crippen LogP contribution in [-0.2, 0) is 4.74 Å². The number of aromatic nitrogens is 2. The number of nitrogens with zero attached hydrogens (tertiary/aromatic N) is 3. The van der Waals surface area contributed by atoms with E-state index in [9.17, 15) is 0 Å². The van der Waals surface area contributed by atoms with E-state index in [1.807, 2.05) is 18.2 Å². The van der Waals surface area contributed by atoms with Crippen molar-refractivity contribution in [2.75, 3.05) is 24.6 Å². The summed E-state index contributed by atoms with van der Waals surface area (Å²) in [6, 6.07) is 8.20. The average molecular weight is 271 g/mol. The van der Waals surface area contributed by atoms with Crippen LogP contribution in [0.1, 0.15) is 26.7 Å². The van der Waals surface area contributed by atoms with E-state index < -0.39 is 0 Å². The highest BCUT2D eigenvalue weighted by Gasteiger charge is 2.31. The molecule has 0 bridgehead atoms. The summed E-state index contributed by atoms with van der Waals surface area (Å²) in [5.74, 6) is 1.05. The van der Waals surface area contributed by atoms with Gasteiger partial charge in [-0.25, -0.2) is 9.97 Å². The average Bonchev–Trinajstić information content (AvgIpc) is 2.48. The minimum Gasteiger partial charge on any atom is -0.375 e. The van der Waals surface area contributed by atoms with Crippen LogP contribution in [0, 0.1) is 0 Å². The van der Waals surface area contributed by atoms with E-state index in [4.69, 9.17) is 4.74 Å². The molecule has 1 aliphatic rings. The van der Waals surface area contributed by atoms with Crippen molar-refractivity contribution in [1.82, 2.24) is 9.97 Å².